The minimum atomic E-state index is -1.24. The zero-order valence-electron chi connectivity index (χ0n) is 13.5. The van der Waals surface area contributed by atoms with Crippen molar-refractivity contribution in [3.8, 4) is 5.75 Å². The Morgan fingerprint density at radius 2 is 1.96 bits per heavy atom. The molecule has 1 heterocycles. The Morgan fingerprint density at radius 1 is 1.20 bits per heavy atom. The Bertz CT molecular complexity index is 758. The summed E-state index contributed by atoms with van der Waals surface area (Å²) in [4.78, 5) is 0.755. The second-order valence-corrected chi connectivity index (χ2v) is 8.18. The summed E-state index contributed by atoms with van der Waals surface area (Å²) in [6, 6.07) is 12.6. The first-order valence-corrected chi connectivity index (χ1v) is 10.1. The Hall–Kier alpha value is -1.11. The third-order valence-electron chi connectivity index (χ3n) is 4.43. The van der Waals surface area contributed by atoms with Crippen molar-refractivity contribution in [1.29, 1.82) is 0 Å². The number of halogens is 2. The molecule has 3 N–H and O–H groups in total. The average Bonchev–Trinajstić information content (AvgIpc) is 2.64. The van der Waals surface area contributed by atoms with Crippen LogP contribution in [0.3, 0.4) is 0 Å². The highest BCUT2D eigenvalue weighted by Gasteiger charge is 2.27. The Morgan fingerprint density at radius 3 is 2.72 bits per heavy atom. The van der Waals surface area contributed by atoms with Gasteiger partial charge in [0.1, 0.15) is 16.7 Å². The fourth-order valence-corrected chi connectivity index (χ4v) is 4.57. The van der Waals surface area contributed by atoms with E-state index in [4.69, 9.17) is 23.2 Å². The predicted octanol–water partition coefficient (Wildman–Crippen LogP) is 3.85. The maximum absolute atomic E-state index is 12.3. The number of phenols is 1. The van der Waals surface area contributed by atoms with Crippen LogP contribution < -0.4 is 10.0 Å². The van der Waals surface area contributed by atoms with Gasteiger partial charge in [0.15, 0.2) is 0 Å². The van der Waals surface area contributed by atoms with E-state index in [0.717, 1.165) is 24.3 Å². The van der Waals surface area contributed by atoms with Crippen LogP contribution in [0.2, 0.25) is 10.0 Å². The molecule has 0 radical (unpaired) electrons. The first-order chi connectivity index (χ1) is 12.1. The fraction of sp³-hybridized carbons (Fsp3) is 0.333. The van der Waals surface area contributed by atoms with E-state index >= 15 is 0 Å². The largest absolute Gasteiger partial charge is 0.508 e. The van der Waals surface area contributed by atoms with Crippen LogP contribution in [-0.2, 0) is 11.0 Å². The SMILES string of the molecule is O=S(NCC1CC(c2c(O)ccc(Cl)c2Cl)CCN1)c1ccccc1. The number of nitrogens with one attached hydrogen (secondary N) is 2. The van der Waals surface area contributed by atoms with Crippen molar-refractivity contribution >= 4 is 34.2 Å². The van der Waals surface area contributed by atoms with Crippen LogP contribution in [0.5, 0.6) is 5.75 Å². The molecule has 25 heavy (non-hydrogen) atoms. The molecule has 0 aromatic heterocycles. The van der Waals surface area contributed by atoms with Gasteiger partial charge in [-0.1, -0.05) is 41.4 Å². The van der Waals surface area contributed by atoms with Gasteiger partial charge in [0.25, 0.3) is 0 Å². The van der Waals surface area contributed by atoms with Crippen molar-refractivity contribution < 1.29 is 9.32 Å². The van der Waals surface area contributed by atoms with Crippen molar-refractivity contribution in [2.45, 2.75) is 29.7 Å². The van der Waals surface area contributed by atoms with Gasteiger partial charge in [0, 0.05) is 18.2 Å². The summed E-state index contributed by atoms with van der Waals surface area (Å²) in [7, 11) is -1.24. The number of benzene rings is 2. The first kappa shape index (κ1) is 18.7. The van der Waals surface area contributed by atoms with Crippen LogP contribution in [0.4, 0.5) is 0 Å². The monoisotopic (exact) mass is 398 g/mol. The highest BCUT2D eigenvalue weighted by atomic mass is 35.5. The van der Waals surface area contributed by atoms with Gasteiger partial charge in [0.2, 0.25) is 0 Å². The quantitative estimate of drug-likeness (QED) is 0.716. The summed E-state index contributed by atoms with van der Waals surface area (Å²) in [6.45, 7) is 1.37. The van der Waals surface area contributed by atoms with Crippen LogP contribution in [0.15, 0.2) is 47.4 Å². The molecule has 0 aliphatic carbocycles. The number of aromatic hydroxyl groups is 1. The summed E-state index contributed by atoms with van der Waals surface area (Å²) in [5, 5.41) is 14.5. The lowest BCUT2D eigenvalue weighted by Crippen LogP contribution is -2.44. The van der Waals surface area contributed by atoms with Gasteiger partial charge in [-0.3, -0.25) is 0 Å². The highest BCUT2D eigenvalue weighted by molar-refractivity contribution is 7.83. The van der Waals surface area contributed by atoms with Crippen molar-refractivity contribution in [2.24, 2.45) is 0 Å². The summed E-state index contributed by atoms with van der Waals surface area (Å²) in [6.07, 6.45) is 1.65. The van der Waals surface area contributed by atoms with E-state index in [1.54, 1.807) is 12.1 Å². The van der Waals surface area contributed by atoms with E-state index in [0.29, 0.717) is 22.2 Å². The Labute approximate surface area is 160 Å². The van der Waals surface area contributed by atoms with E-state index in [-0.39, 0.29) is 17.7 Å². The van der Waals surface area contributed by atoms with E-state index in [1.165, 1.54) is 0 Å². The van der Waals surface area contributed by atoms with Crippen molar-refractivity contribution in [3.63, 3.8) is 0 Å². The molecule has 1 aliphatic rings. The average molecular weight is 399 g/mol. The van der Waals surface area contributed by atoms with Gasteiger partial charge in [0.05, 0.1) is 14.9 Å². The van der Waals surface area contributed by atoms with Gasteiger partial charge in [-0.25, -0.2) is 8.93 Å². The molecule has 0 saturated carbocycles. The standard InChI is InChI=1S/C18H20Cl2N2O2S/c19-15-6-7-16(23)17(18(15)20)12-8-9-21-13(10-12)11-22-25(24)14-4-2-1-3-5-14/h1-7,12-13,21-23H,8-11H2. The Kier molecular flexibility index (Phi) is 6.36. The van der Waals surface area contributed by atoms with Crippen LogP contribution in [0.25, 0.3) is 0 Å². The smallest absolute Gasteiger partial charge is 0.124 e. The van der Waals surface area contributed by atoms with Crippen molar-refractivity contribution in [1.82, 2.24) is 10.0 Å². The van der Waals surface area contributed by atoms with Gasteiger partial charge in [-0.05, 0) is 49.6 Å². The van der Waals surface area contributed by atoms with Crippen LogP contribution in [-0.4, -0.2) is 28.4 Å². The van der Waals surface area contributed by atoms with Gasteiger partial charge < -0.3 is 10.4 Å². The number of hydrogen-bond acceptors (Lipinski definition) is 3. The summed E-state index contributed by atoms with van der Waals surface area (Å²) < 4.78 is 15.4. The molecule has 1 saturated heterocycles. The molecule has 1 aliphatic heterocycles. The van der Waals surface area contributed by atoms with Crippen molar-refractivity contribution in [2.75, 3.05) is 13.1 Å². The molecular formula is C18H20Cl2N2O2S. The summed E-state index contributed by atoms with van der Waals surface area (Å²) >= 11 is 12.4. The molecule has 2 aromatic rings. The zero-order valence-corrected chi connectivity index (χ0v) is 15.9. The zero-order chi connectivity index (χ0) is 17.8. The Balaban J connectivity index is 1.64. The van der Waals surface area contributed by atoms with Crippen LogP contribution >= 0.6 is 23.2 Å². The topological polar surface area (TPSA) is 61.4 Å². The van der Waals surface area contributed by atoms with Crippen molar-refractivity contribution in [3.05, 3.63) is 58.1 Å². The minimum absolute atomic E-state index is 0.115. The molecule has 134 valence electrons. The lowest BCUT2D eigenvalue weighted by atomic mass is 9.86. The third-order valence-corrected chi connectivity index (χ3v) is 6.38. The fourth-order valence-electron chi connectivity index (χ4n) is 3.17. The second kappa shape index (κ2) is 8.52. The molecule has 2 aromatic carbocycles. The second-order valence-electron chi connectivity index (χ2n) is 6.10. The molecule has 0 bridgehead atoms. The molecule has 0 spiro atoms. The van der Waals surface area contributed by atoms with Gasteiger partial charge in [-0.15, -0.1) is 0 Å². The molecule has 4 nitrogen and oxygen atoms in total. The normalized spacial score (nSPS) is 21.8. The van der Waals surface area contributed by atoms with E-state index in [2.05, 4.69) is 10.0 Å². The summed E-state index contributed by atoms with van der Waals surface area (Å²) in [5.41, 5.74) is 0.713. The molecule has 0 amide bonds. The maximum Gasteiger partial charge on any atom is 0.124 e. The maximum atomic E-state index is 12.3. The van der Waals surface area contributed by atoms with Gasteiger partial charge in [-0.2, -0.15) is 0 Å². The molecular weight excluding hydrogens is 379 g/mol. The van der Waals surface area contributed by atoms with Gasteiger partial charge >= 0.3 is 0 Å². The van der Waals surface area contributed by atoms with E-state index in [9.17, 15) is 9.32 Å². The predicted molar refractivity (Wildman–Crippen MR) is 103 cm³/mol. The van der Waals surface area contributed by atoms with E-state index in [1.807, 2.05) is 30.3 Å². The van der Waals surface area contributed by atoms with E-state index < -0.39 is 11.0 Å². The summed E-state index contributed by atoms with van der Waals surface area (Å²) in [5.74, 6) is 0.297. The number of phenolic OH excluding ortho intramolecular Hbond substituents is 1. The minimum Gasteiger partial charge on any atom is -0.508 e. The molecule has 3 unspecified atom stereocenters. The molecule has 3 rings (SSSR count). The number of piperidine rings is 1. The lowest BCUT2D eigenvalue weighted by molar-refractivity contribution is 0.353. The number of rotatable bonds is 5. The lowest BCUT2D eigenvalue weighted by Gasteiger charge is -2.31. The first-order valence-electron chi connectivity index (χ1n) is 8.17. The number of hydrogen-bond donors (Lipinski definition) is 3. The molecule has 3 atom stereocenters. The molecule has 1 fully saturated rings. The van der Waals surface area contributed by atoms with Crippen LogP contribution in [0.1, 0.15) is 24.3 Å². The third kappa shape index (κ3) is 4.54. The molecule has 7 heteroatoms. The highest BCUT2D eigenvalue weighted by Crippen LogP contribution is 2.41. The van der Waals surface area contributed by atoms with Crippen LogP contribution in [0, 0.1) is 0 Å².